The average molecular weight is 494 g/mol. The number of hydrogen-bond donors (Lipinski definition) is 2. The molecule has 2 fully saturated rings. The highest BCUT2D eigenvalue weighted by Crippen LogP contribution is 2.17. The van der Waals surface area contributed by atoms with Crippen LogP contribution in [0, 0.1) is 17.8 Å². The Balaban J connectivity index is 0.00000364. The molecule has 2 saturated heterocycles. The molecule has 0 radical (unpaired) electrons. The Hall–Kier alpha value is -0.0800. The number of halogens is 1. The molecule has 5 nitrogen and oxygen atoms in total. The van der Waals surface area contributed by atoms with Crippen LogP contribution >= 0.6 is 24.0 Å². The topological polar surface area (TPSA) is 42.9 Å². The molecule has 0 aliphatic carbocycles. The molecular weight excluding hydrogens is 449 g/mol. The third-order valence-corrected chi connectivity index (χ3v) is 5.83. The Labute approximate surface area is 185 Å². The first-order valence-electron chi connectivity index (χ1n) is 11.0. The lowest BCUT2D eigenvalue weighted by Crippen LogP contribution is -2.45. The number of guanidine groups is 1. The van der Waals surface area contributed by atoms with Crippen molar-refractivity contribution in [3.63, 3.8) is 0 Å². The van der Waals surface area contributed by atoms with E-state index in [9.17, 15) is 0 Å². The van der Waals surface area contributed by atoms with Gasteiger partial charge < -0.3 is 20.4 Å². The molecule has 6 heteroatoms. The molecule has 2 heterocycles. The van der Waals surface area contributed by atoms with Gasteiger partial charge in [0, 0.05) is 33.2 Å². The van der Waals surface area contributed by atoms with Gasteiger partial charge in [-0.25, -0.2) is 0 Å². The Kier molecular flexibility index (Phi) is 12.9. The fourth-order valence-corrected chi connectivity index (χ4v) is 4.26. The van der Waals surface area contributed by atoms with E-state index in [2.05, 4.69) is 46.2 Å². The van der Waals surface area contributed by atoms with Gasteiger partial charge in [0.15, 0.2) is 5.96 Å². The number of aliphatic imine (C=N–C) groups is 1. The van der Waals surface area contributed by atoms with Crippen LogP contribution in [0.5, 0.6) is 0 Å². The molecule has 0 amide bonds. The summed E-state index contributed by atoms with van der Waals surface area (Å²) in [6, 6.07) is 0. The smallest absolute Gasteiger partial charge is 0.190 e. The standard InChI is InChI=1S/C21H43N5.HI/c1-18(2)16-26-11-5-7-20(17-26)15-24-21(22-4)23-10-6-12-25-13-8-19(3)9-14-25;/h18-20H,5-17H2,1-4H3,(H2,22,23,24);1H. The van der Waals surface area contributed by atoms with E-state index in [0.29, 0.717) is 0 Å². The van der Waals surface area contributed by atoms with E-state index < -0.39 is 0 Å². The van der Waals surface area contributed by atoms with Crippen LogP contribution in [0.3, 0.4) is 0 Å². The highest BCUT2D eigenvalue weighted by atomic mass is 127. The maximum absolute atomic E-state index is 4.40. The van der Waals surface area contributed by atoms with Crippen molar-refractivity contribution in [3.8, 4) is 0 Å². The molecule has 0 saturated carbocycles. The van der Waals surface area contributed by atoms with Crippen LogP contribution < -0.4 is 10.6 Å². The van der Waals surface area contributed by atoms with E-state index in [-0.39, 0.29) is 24.0 Å². The zero-order valence-electron chi connectivity index (χ0n) is 18.2. The van der Waals surface area contributed by atoms with E-state index in [0.717, 1.165) is 36.8 Å². The maximum Gasteiger partial charge on any atom is 0.190 e. The van der Waals surface area contributed by atoms with Gasteiger partial charge in [0.2, 0.25) is 0 Å². The summed E-state index contributed by atoms with van der Waals surface area (Å²) in [5, 5.41) is 7.06. The van der Waals surface area contributed by atoms with Gasteiger partial charge in [-0.15, -0.1) is 24.0 Å². The number of nitrogens with zero attached hydrogens (tertiary/aromatic N) is 3. The Bertz CT molecular complexity index is 407. The van der Waals surface area contributed by atoms with Crippen molar-refractivity contribution in [1.29, 1.82) is 0 Å². The second kappa shape index (κ2) is 14.0. The molecule has 2 aliphatic heterocycles. The zero-order valence-corrected chi connectivity index (χ0v) is 20.5. The summed E-state index contributed by atoms with van der Waals surface area (Å²) in [5.74, 6) is 3.40. The van der Waals surface area contributed by atoms with Gasteiger partial charge >= 0.3 is 0 Å². The Morgan fingerprint density at radius 3 is 2.48 bits per heavy atom. The summed E-state index contributed by atoms with van der Waals surface area (Å²) in [7, 11) is 1.88. The molecule has 27 heavy (non-hydrogen) atoms. The minimum Gasteiger partial charge on any atom is -0.356 e. The van der Waals surface area contributed by atoms with Crippen molar-refractivity contribution in [2.24, 2.45) is 22.7 Å². The maximum atomic E-state index is 4.40. The molecule has 0 aromatic heterocycles. The van der Waals surface area contributed by atoms with Crippen LogP contribution in [0.15, 0.2) is 4.99 Å². The normalized spacial score (nSPS) is 23.3. The van der Waals surface area contributed by atoms with E-state index in [1.807, 2.05) is 7.05 Å². The summed E-state index contributed by atoms with van der Waals surface area (Å²) in [4.78, 5) is 9.65. The molecule has 0 aromatic rings. The summed E-state index contributed by atoms with van der Waals surface area (Å²) in [5.41, 5.74) is 0. The van der Waals surface area contributed by atoms with Crippen molar-refractivity contribution in [3.05, 3.63) is 0 Å². The third-order valence-electron chi connectivity index (χ3n) is 5.83. The highest BCUT2D eigenvalue weighted by Gasteiger charge is 2.20. The minimum absolute atomic E-state index is 0. The predicted octanol–water partition coefficient (Wildman–Crippen LogP) is 3.26. The second-order valence-corrected chi connectivity index (χ2v) is 8.92. The van der Waals surface area contributed by atoms with Crippen molar-refractivity contribution in [2.75, 3.05) is 59.4 Å². The number of hydrogen-bond acceptors (Lipinski definition) is 3. The third kappa shape index (κ3) is 10.3. The van der Waals surface area contributed by atoms with Crippen molar-refractivity contribution in [2.45, 2.75) is 52.9 Å². The van der Waals surface area contributed by atoms with Crippen molar-refractivity contribution < 1.29 is 0 Å². The predicted molar refractivity (Wildman–Crippen MR) is 128 cm³/mol. The first-order valence-corrected chi connectivity index (χ1v) is 11.0. The molecule has 1 unspecified atom stereocenters. The van der Waals surface area contributed by atoms with Gasteiger partial charge in [-0.05, 0) is 76.0 Å². The highest BCUT2D eigenvalue weighted by molar-refractivity contribution is 14.0. The van der Waals surface area contributed by atoms with Gasteiger partial charge in [-0.1, -0.05) is 20.8 Å². The summed E-state index contributed by atoms with van der Waals surface area (Å²) < 4.78 is 0. The van der Waals surface area contributed by atoms with E-state index in [1.54, 1.807) is 0 Å². The first kappa shape index (κ1) is 25.0. The van der Waals surface area contributed by atoms with Crippen LogP contribution in [0.1, 0.15) is 52.9 Å². The molecule has 0 bridgehead atoms. The van der Waals surface area contributed by atoms with E-state index in [1.165, 1.54) is 71.4 Å². The first-order chi connectivity index (χ1) is 12.6. The average Bonchev–Trinajstić information content (AvgIpc) is 2.62. The number of nitrogens with one attached hydrogen (secondary N) is 2. The number of rotatable bonds is 8. The number of likely N-dealkylation sites (tertiary alicyclic amines) is 2. The molecule has 0 aromatic carbocycles. The largest absolute Gasteiger partial charge is 0.356 e. The molecule has 2 N–H and O–H groups in total. The molecule has 1 atom stereocenters. The molecular formula is C21H44IN5. The number of piperidine rings is 2. The van der Waals surface area contributed by atoms with Gasteiger partial charge in [-0.3, -0.25) is 4.99 Å². The lowest BCUT2D eigenvalue weighted by Gasteiger charge is -2.34. The van der Waals surface area contributed by atoms with Gasteiger partial charge in [0.05, 0.1) is 0 Å². The Morgan fingerprint density at radius 1 is 1.07 bits per heavy atom. The fraction of sp³-hybridized carbons (Fsp3) is 0.952. The molecule has 160 valence electrons. The van der Waals surface area contributed by atoms with Gasteiger partial charge in [0.1, 0.15) is 0 Å². The SMILES string of the molecule is CN=C(NCCCN1CCC(C)CC1)NCC1CCCN(CC(C)C)C1.I. The van der Waals surface area contributed by atoms with Crippen LogP contribution in [0.25, 0.3) is 0 Å². The Morgan fingerprint density at radius 2 is 1.81 bits per heavy atom. The van der Waals surface area contributed by atoms with E-state index >= 15 is 0 Å². The van der Waals surface area contributed by atoms with Crippen molar-refractivity contribution >= 4 is 29.9 Å². The van der Waals surface area contributed by atoms with Crippen LogP contribution in [-0.4, -0.2) is 75.2 Å². The molecule has 2 rings (SSSR count). The van der Waals surface area contributed by atoms with Gasteiger partial charge in [0.25, 0.3) is 0 Å². The molecule has 0 spiro atoms. The second-order valence-electron chi connectivity index (χ2n) is 8.92. The summed E-state index contributed by atoms with van der Waals surface area (Å²) >= 11 is 0. The quantitative estimate of drug-likeness (QED) is 0.236. The monoisotopic (exact) mass is 493 g/mol. The van der Waals surface area contributed by atoms with Gasteiger partial charge in [-0.2, -0.15) is 0 Å². The van der Waals surface area contributed by atoms with Crippen molar-refractivity contribution in [1.82, 2.24) is 20.4 Å². The fourth-order valence-electron chi connectivity index (χ4n) is 4.26. The van der Waals surface area contributed by atoms with E-state index in [4.69, 9.17) is 0 Å². The zero-order chi connectivity index (χ0) is 18.8. The van der Waals surface area contributed by atoms with Crippen LogP contribution in [0.2, 0.25) is 0 Å². The van der Waals surface area contributed by atoms with Crippen LogP contribution in [-0.2, 0) is 0 Å². The minimum atomic E-state index is 0. The summed E-state index contributed by atoms with van der Waals surface area (Å²) in [6.07, 6.45) is 6.60. The lowest BCUT2D eigenvalue weighted by atomic mass is 9.97. The lowest BCUT2D eigenvalue weighted by molar-refractivity contribution is 0.159. The summed E-state index contributed by atoms with van der Waals surface area (Å²) in [6.45, 7) is 16.6. The van der Waals surface area contributed by atoms with Crippen LogP contribution in [0.4, 0.5) is 0 Å². The molecule has 2 aliphatic rings.